The predicted molar refractivity (Wildman–Crippen MR) is 83.4 cm³/mol. The molecule has 0 bridgehead atoms. The number of carboxylic acid groups (broad SMARTS) is 1. The van der Waals surface area contributed by atoms with Gasteiger partial charge < -0.3 is 15.2 Å². The molecule has 1 amide bonds. The second-order valence-corrected chi connectivity index (χ2v) is 4.93. The minimum atomic E-state index is -1.02. The van der Waals surface area contributed by atoms with Crippen molar-refractivity contribution in [3.05, 3.63) is 59.2 Å². The molecule has 0 aliphatic heterocycles. The molecule has 5 nitrogen and oxygen atoms in total. The molecule has 0 saturated heterocycles. The number of ether oxygens (including phenoxy) is 1. The molecular weight excluding hydrogens is 282 g/mol. The van der Waals surface area contributed by atoms with Crippen molar-refractivity contribution in [2.75, 3.05) is 11.9 Å². The number of anilines is 1. The van der Waals surface area contributed by atoms with Crippen molar-refractivity contribution < 1.29 is 19.4 Å². The SMILES string of the molecule is Cc1ccc(OCC(=O)Nc2cccc(C(=O)O)c2C)cc1. The van der Waals surface area contributed by atoms with Crippen molar-refractivity contribution >= 4 is 17.6 Å². The number of aryl methyl sites for hydroxylation is 1. The molecule has 2 rings (SSSR count). The van der Waals surface area contributed by atoms with E-state index in [2.05, 4.69) is 5.32 Å². The van der Waals surface area contributed by atoms with Crippen molar-refractivity contribution in [3.8, 4) is 5.75 Å². The highest BCUT2D eigenvalue weighted by molar-refractivity contribution is 5.96. The molecule has 0 saturated carbocycles. The zero-order valence-electron chi connectivity index (χ0n) is 12.4. The van der Waals surface area contributed by atoms with E-state index >= 15 is 0 Å². The van der Waals surface area contributed by atoms with Gasteiger partial charge in [0.25, 0.3) is 5.91 Å². The fraction of sp³-hybridized carbons (Fsp3) is 0.176. The molecule has 0 unspecified atom stereocenters. The zero-order chi connectivity index (χ0) is 16.1. The quantitative estimate of drug-likeness (QED) is 0.890. The molecule has 0 aliphatic carbocycles. The van der Waals surface area contributed by atoms with Gasteiger partial charge in [-0.15, -0.1) is 0 Å². The minimum Gasteiger partial charge on any atom is -0.484 e. The van der Waals surface area contributed by atoms with Crippen LogP contribution < -0.4 is 10.1 Å². The summed E-state index contributed by atoms with van der Waals surface area (Å²) >= 11 is 0. The summed E-state index contributed by atoms with van der Waals surface area (Å²) in [5, 5.41) is 11.7. The third kappa shape index (κ3) is 3.85. The summed E-state index contributed by atoms with van der Waals surface area (Å²) in [5.41, 5.74) is 2.26. The maximum Gasteiger partial charge on any atom is 0.336 e. The van der Waals surface area contributed by atoms with Gasteiger partial charge in [-0.25, -0.2) is 4.79 Å². The van der Waals surface area contributed by atoms with Crippen LogP contribution in [0.5, 0.6) is 5.75 Å². The summed E-state index contributed by atoms with van der Waals surface area (Å²) in [4.78, 5) is 23.0. The lowest BCUT2D eigenvalue weighted by atomic mass is 10.1. The van der Waals surface area contributed by atoms with Gasteiger partial charge in [-0.05, 0) is 43.7 Å². The Balaban J connectivity index is 1.99. The first kappa shape index (κ1) is 15.6. The highest BCUT2D eigenvalue weighted by Crippen LogP contribution is 2.19. The van der Waals surface area contributed by atoms with Crippen LogP contribution in [0.15, 0.2) is 42.5 Å². The van der Waals surface area contributed by atoms with Gasteiger partial charge in [0.15, 0.2) is 6.61 Å². The van der Waals surface area contributed by atoms with Gasteiger partial charge in [-0.1, -0.05) is 23.8 Å². The minimum absolute atomic E-state index is 0.139. The molecule has 0 aliphatic rings. The Morgan fingerprint density at radius 3 is 2.41 bits per heavy atom. The van der Waals surface area contributed by atoms with Crippen LogP contribution in [-0.4, -0.2) is 23.6 Å². The molecule has 5 heteroatoms. The zero-order valence-corrected chi connectivity index (χ0v) is 12.4. The summed E-state index contributed by atoms with van der Waals surface area (Å²) in [5.74, 6) is -0.757. The highest BCUT2D eigenvalue weighted by atomic mass is 16.5. The van der Waals surface area contributed by atoms with E-state index in [0.29, 0.717) is 17.0 Å². The smallest absolute Gasteiger partial charge is 0.336 e. The number of amides is 1. The number of aromatic carboxylic acids is 1. The molecule has 0 aromatic heterocycles. The fourth-order valence-corrected chi connectivity index (χ4v) is 1.97. The third-order valence-corrected chi connectivity index (χ3v) is 3.23. The van der Waals surface area contributed by atoms with E-state index in [1.165, 1.54) is 6.07 Å². The number of carbonyl (C=O) groups is 2. The van der Waals surface area contributed by atoms with Crippen LogP contribution in [-0.2, 0) is 4.79 Å². The summed E-state index contributed by atoms with van der Waals surface area (Å²) < 4.78 is 5.38. The lowest BCUT2D eigenvalue weighted by Gasteiger charge is -2.11. The first-order chi connectivity index (χ1) is 10.5. The Hall–Kier alpha value is -2.82. The summed E-state index contributed by atoms with van der Waals surface area (Å²) in [6, 6.07) is 12.1. The summed E-state index contributed by atoms with van der Waals surface area (Å²) in [6.45, 7) is 3.48. The molecule has 0 radical (unpaired) electrons. The Labute approximate surface area is 128 Å². The van der Waals surface area contributed by atoms with E-state index in [9.17, 15) is 9.59 Å². The number of carbonyl (C=O) groups excluding carboxylic acids is 1. The monoisotopic (exact) mass is 299 g/mol. The maximum atomic E-state index is 11.9. The van der Waals surface area contributed by atoms with Gasteiger partial charge in [0.05, 0.1) is 5.56 Å². The van der Waals surface area contributed by atoms with Crippen LogP contribution in [0.2, 0.25) is 0 Å². The Bertz CT molecular complexity index is 692. The van der Waals surface area contributed by atoms with E-state index < -0.39 is 5.97 Å². The second-order valence-electron chi connectivity index (χ2n) is 4.93. The molecular formula is C17H17NO4. The Kier molecular flexibility index (Phi) is 4.78. The van der Waals surface area contributed by atoms with Crippen molar-refractivity contribution in [2.45, 2.75) is 13.8 Å². The van der Waals surface area contributed by atoms with Crippen molar-refractivity contribution in [1.82, 2.24) is 0 Å². The Morgan fingerprint density at radius 2 is 1.77 bits per heavy atom. The summed E-state index contributed by atoms with van der Waals surface area (Å²) in [6.07, 6.45) is 0. The largest absolute Gasteiger partial charge is 0.484 e. The molecule has 114 valence electrons. The van der Waals surface area contributed by atoms with Crippen LogP contribution in [0.3, 0.4) is 0 Å². The number of benzene rings is 2. The van der Waals surface area contributed by atoms with E-state index in [1.54, 1.807) is 31.2 Å². The van der Waals surface area contributed by atoms with Gasteiger partial charge in [-0.2, -0.15) is 0 Å². The number of rotatable bonds is 5. The molecule has 0 heterocycles. The number of carboxylic acids is 1. The van der Waals surface area contributed by atoms with Gasteiger partial charge in [-0.3, -0.25) is 4.79 Å². The van der Waals surface area contributed by atoms with E-state index in [0.717, 1.165) is 5.56 Å². The number of nitrogens with one attached hydrogen (secondary N) is 1. The van der Waals surface area contributed by atoms with Gasteiger partial charge in [0.1, 0.15) is 5.75 Å². The van der Waals surface area contributed by atoms with Crippen LogP contribution in [0.1, 0.15) is 21.5 Å². The normalized spacial score (nSPS) is 10.1. The average molecular weight is 299 g/mol. The first-order valence-corrected chi connectivity index (χ1v) is 6.79. The Morgan fingerprint density at radius 1 is 1.09 bits per heavy atom. The van der Waals surface area contributed by atoms with Crippen LogP contribution in [0.25, 0.3) is 0 Å². The first-order valence-electron chi connectivity index (χ1n) is 6.79. The van der Waals surface area contributed by atoms with Crippen LogP contribution >= 0.6 is 0 Å². The predicted octanol–water partition coefficient (Wildman–Crippen LogP) is 3.02. The summed E-state index contributed by atoms with van der Waals surface area (Å²) in [7, 11) is 0. The van der Waals surface area contributed by atoms with Crippen molar-refractivity contribution in [2.24, 2.45) is 0 Å². The topological polar surface area (TPSA) is 75.6 Å². The molecule has 2 aromatic carbocycles. The molecule has 2 N–H and O–H groups in total. The van der Waals surface area contributed by atoms with Crippen molar-refractivity contribution in [3.63, 3.8) is 0 Å². The maximum absolute atomic E-state index is 11.9. The second kappa shape index (κ2) is 6.76. The molecule has 0 spiro atoms. The molecule has 0 fully saturated rings. The lowest BCUT2D eigenvalue weighted by Crippen LogP contribution is -2.21. The molecule has 0 atom stereocenters. The van der Waals surface area contributed by atoms with Crippen molar-refractivity contribution in [1.29, 1.82) is 0 Å². The van der Waals surface area contributed by atoms with E-state index in [1.807, 2.05) is 19.1 Å². The standard InChI is InChI=1S/C17H17NO4/c1-11-6-8-13(9-7-11)22-10-16(19)18-15-5-3-4-14(12(15)2)17(20)21/h3-9H,10H2,1-2H3,(H,18,19)(H,20,21). The van der Waals surface area contributed by atoms with Gasteiger partial charge in [0, 0.05) is 5.69 Å². The van der Waals surface area contributed by atoms with Crippen LogP contribution in [0.4, 0.5) is 5.69 Å². The highest BCUT2D eigenvalue weighted by Gasteiger charge is 2.12. The molecule has 22 heavy (non-hydrogen) atoms. The number of hydrogen-bond donors (Lipinski definition) is 2. The van der Waals surface area contributed by atoms with E-state index in [4.69, 9.17) is 9.84 Å². The molecule has 2 aromatic rings. The fourth-order valence-electron chi connectivity index (χ4n) is 1.97. The van der Waals surface area contributed by atoms with Gasteiger partial charge >= 0.3 is 5.97 Å². The lowest BCUT2D eigenvalue weighted by molar-refractivity contribution is -0.118. The van der Waals surface area contributed by atoms with Gasteiger partial charge in [0.2, 0.25) is 0 Å². The number of hydrogen-bond acceptors (Lipinski definition) is 3. The average Bonchev–Trinajstić information content (AvgIpc) is 2.48. The van der Waals surface area contributed by atoms with Crippen LogP contribution in [0, 0.1) is 13.8 Å². The van der Waals surface area contributed by atoms with E-state index in [-0.39, 0.29) is 18.1 Å². The third-order valence-electron chi connectivity index (χ3n) is 3.23.